The Morgan fingerprint density at radius 1 is 1.47 bits per heavy atom. The fourth-order valence-electron chi connectivity index (χ4n) is 2.43. The molecule has 0 amide bonds. The average Bonchev–Trinajstić information content (AvgIpc) is 2.31. The van der Waals surface area contributed by atoms with Gasteiger partial charge in [0.2, 0.25) is 0 Å². The third-order valence-electron chi connectivity index (χ3n) is 3.66. The topological polar surface area (TPSA) is 29.3 Å². The maximum absolute atomic E-state index is 13.0. The summed E-state index contributed by atoms with van der Waals surface area (Å²) in [6.07, 6.45) is 1.99. The molecule has 1 aliphatic rings. The number of benzene rings is 1. The second kappa shape index (κ2) is 5.61. The molecule has 0 bridgehead atoms. The first-order valence-corrected chi connectivity index (χ1v) is 6.37. The molecule has 3 heteroatoms. The molecule has 2 atom stereocenters. The third-order valence-corrected chi connectivity index (χ3v) is 3.66. The van der Waals surface area contributed by atoms with E-state index in [1.807, 2.05) is 6.07 Å². The average molecular weight is 236 g/mol. The van der Waals surface area contributed by atoms with Crippen LogP contribution in [-0.2, 0) is 6.42 Å². The maximum atomic E-state index is 13.0. The second-order valence-electron chi connectivity index (χ2n) is 5.11. The predicted octanol–water partition coefficient (Wildman–Crippen LogP) is 2.04. The Morgan fingerprint density at radius 2 is 2.29 bits per heavy atom. The normalized spacial score (nSPS) is 26.1. The lowest BCUT2D eigenvalue weighted by Crippen LogP contribution is -2.46. The molecule has 2 rings (SSSR count). The van der Waals surface area contributed by atoms with Gasteiger partial charge in [-0.05, 0) is 43.0 Å². The highest BCUT2D eigenvalue weighted by atomic mass is 19.1. The predicted molar refractivity (Wildman–Crippen MR) is 68.3 cm³/mol. The molecule has 1 fully saturated rings. The van der Waals surface area contributed by atoms with E-state index in [-0.39, 0.29) is 5.82 Å². The van der Waals surface area contributed by atoms with Crippen LogP contribution >= 0.6 is 0 Å². The Hall–Kier alpha value is -0.930. The van der Waals surface area contributed by atoms with Crippen molar-refractivity contribution in [1.82, 2.24) is 4.90 Å². The van der Waals surface area contributed by atoms with Crippen molar-refractivity contribution in [3.05, 3.63) is 35.6 Å². The zero-order valence-corrected chi connectivity index (χ0v) is 10.4. The van der Waals surface area contributed by atoms with E-state index in [0.29, 0.717) is 12.0 Å². The summed E-state index contributed by atoms with van der Waals surface area (Å²) in [5, 5.41) is 0. The van der Waals surface area contributed by atoms with E-state index < -0.39 is 0 Å². The first-order chi connectivity index (χ1) is 8.15. The van der Waals surface area contributed by atoms with Gasteiger partial charge in [0.05, 0.1) is 0 Å². The molecule has 0 aromatic heterocycles. The molecular weight excluding hydrogens is 215 g/mol. The highest BCUT2D eigenvalue weighted by Crippen LogP contribution is 2.15. The summed E-state index contributed by atoms with van der Waals surface area (Å²) in [6.45, 7) is 5.34. The zero-order chi connectivity index (χ0) is 12.3. The zero-order valence-electron chi connectivity index (χ0n) is 10.4. The van der Waals surface area contributed by atoms with E-state index in [0.717, 1.165) is 38.0 Å². The molecule has 0 radical (unpaired) electrons. The van der Waals surface area contributed by atoms with Crippen molar-refractivity contribution < 1.29 is 4.39 Å². The van der Waals surface area contributed by atoms with Crippen molar-refractivity contribution in [3.63, 3.8) is 0 Å². The molecule has 1 saturated heterocycles. The quantitative estimate of drug-likeness (QED) is 0.870. The van der Waals surface area contributed by atoms with E-state index >= 15 is 0 Å². The van der Waals surface area contributed by atoms with Gasteiger partial charge in [-0.25, -0.2) is 4.39 Å². The number of piperidine rings is 1. The number of likely N-dealkylation sites (tertiary alicyclic amines) is 1. The fraction of sp³-hybridized carbons (Fsp3) is 0.571. The van der Waals surface area contributed by atoms with E-state index in [1.54, 1.807) is 12.1 Å². The molecule has 1 aliphatic heterocycles. The van der Waals surface area contributed by atoms with Crippen LogP contribution in [0.2, 0.25) is 0 Å². The monoisotopic (exact) mass is 236 g/mol. The highest BCUT2D eigenvalue weighted by molar-refractivity contribution is 5.16. The van der Waals surface area contributed by atoms with Crippen LogP contribution in [0.15, 0.2) is 24.3 Å². The lowest BCUT2D eigenvalue weighted by molar-refractivity contribution is 0.166. The van der Waals surface area contributed by atoms with Gasteiger partial charge < -0.3 is 10.6 Å². The molecule has 2 N–H and O–H groups in total. The minimum Gasteiger partial charge on any atom is -0.327 e. The Labute approximate surface area is 103 Å². The molecule has 17 heavy (non-hydrogen) atoms. The Morgan fingerprint density at radius 3 is 3.00 bits per heavy atom. The summed E-state index contributed by atoms with van der Waals surface area (Å²) in [7, 11) is 0. The summed E-state index contributed by atoms with van der Waals surface area (Å²) in [6, 6.07) is 7.23. The molecule has 2 unspecified atom stereocenters. The smallest absolute Gasteiger partial charge is 0.123 e. The summed E-state index contributed by atoms with van der Waals surface area (Å²) >= 11 is 0. The van der Waals surface area contributed by atoms with Crippen LogP contribution < -0.4 is 5.73 Å². The first-order valence-electron chi connectivity index (χ1n) is 6.37. The number of halogens is 1. The van der Waals surface area contributed by atoms with Crippen molar-refractivity contribution in [2.75, 3.05) is 19.6 Å². The number of hydrogen-bond acceptors (Lipinski definition) is 2. The van der Waals surface area contributed by atoms with E-state index in [1.165, 1.54) is 6.07 Å². The molecular formula is C14H21FN2. The first kappa shape index (κ1) is 12.5. The number of nitrogens with zero attached hydrogens (tertiary/aromatic N) is 1. The molecule has 1 heterocycles. The Balaban J connectivity index is 1.82. The van der Waals surface area contributed by atoms with Crippen LogP contribution in [0.25, 0.3) is 0 Å². The molecule has 0 saturated carbocycles. The summed E-state index contributed by atoms with van der Waals surface area (Å²) in [5.74, 6) is 0.424. The molecule has 1 aromatic rings. The van der Waals surface area contributed by atoms with E-state index in [4.69, 9.17) is 5.73 Å². The SMILES string of the molecule is CC1CN(CCc2cccc(F)c2)CCC1N. The van der Waals surface area contributed by atoms with Crippen LogP contribution in [-0.4, -0.2) is 30.6 Å². The summed E-state index contributed by atoms with van der Waals surface area (Å²) < 4.78 is 13.0. The fourth-order valence-corrected chi connectivity index (χ4v) is 2.43. The van der Waals surface area contributed by atoms with Gasteiger partial charge in [0.1, 0.15) is 5.82 Å². The van der Waals surface area contributed by atoms with E-state index in [2.05, 4.69) is 11.8 Å². The number of hydrogen-bond donors (Lipinski definition) is 1. The van der Waals surface area contributed by atoms with Crippen LogP contribution in [0.1, 0.15) is 18.9 Å². The van der Waals surface area contributed by atoms with Gasteiger partial charge in [-0.1, -0.05) is 19.1 Å². The van der Waals surface area contributed by atoms with Gasteiger partial charge in [-0.15, -0.1) is 0 Å². The number of rotatable bonds is 3. The van der Waals surface area contributed by atoms with E-state index in [9.17, 15) is 4.39 Å². The van der Waals surface area contributed by atoms with Crippen LogP contribution in [0, 0.1) is 11.7 Å². The molecule has 2 nitrogen and oxygen atoms in total. The second-order valence-corrected chi connectivity index (χ2v) is 5.11. The summed E-state index contributed by atoms with van der Waals surface area (Å²) in [5.41, 5.74) is 7.07. The van der Waals surface area contributed by atoms with Crippen LogP contribution in [0.5, 0.6) is 0 Å². The van der Waals surface area contributed by atoms with Crippen molar-refractivity contribution >= 4 is 0 Å². The standard InChI is InChI=1S/C14H21FN2/c1-11-10-17(8-6-14(11)16)7-5-12-3-2-4-13(15)9-12/h2-4,9,11,14H,5-8,10,16H2,1H3. The molecule has 94 valence electrons. The van der Waals surface area contributed by atoms with Crippen molar-refractivity contribution in [1.29, 1.82) is 0 Å². The van der Waals surface area contributed by atoms with Gasteiger partial charge in [-0.3, -0.25) is 0 Å². The van der Waals surface area contributed by atoms with Gasteiger partial charge >= 0.3 is 0 Å². The Bertz CT molecular complexity index is 367. The third kappa shape index (κ3) is 3.51. The maximum Gasteiger partial charge on any atom is 0.123 e. The van der Waals surface area contributed by atoms with Crippen LogP contribution in [0.4, 0.5) is 4.39 Å². The van der Waals surface area contributed by atoms with Crippen LogP contribution in [0.3, 0.4) is 0 Å². The van der Waals surface area contributed by atoms with Gasteiger partial charge in [0.15, 0.2) is 0 Å². The van der Waals surface area contributed by atoms with Crippen molar-refractivity contribution in [3.8, 4) is 0 Å². The molecule has 1 aromatic carbocycles. The van der Waals surface area contributed by atoms with Crippen molar-refractivity contribution in [2.24, 2.45) is 11.7 Å². The van der Waals surface area contributed by atoms with Gasteiger partial charge in [0.25, 0.3) is 0 Å². The van der Waals surface area contributed by atoms with Gasteiger partial charge in [-0.2, -0.15) is 0 Å². The minimum atomic E-state index is -0.142. The largest absolute Gasteiger partial charge is 0.327 e. The minimum absolute atomic E-state index is 0.142. The Kier molecular flexibility index (Phi) is 4.13. The highest BCUT2D eigenvalue weighted by Gasteiger charge is 2.22. The molecule has 0 spiro atoms. The summed E-state index contributed by atoms with van der Waals surface area (Å²) in [4.78, 5) is 2.43. The van der Waals surface area contributed by atoms with Gasteiger partial charge in [0, 0.05) is 19.1 Å². The molecule has 0 aliphatic carbocycles. The van der Waals surface area contributed by atoms with Crippen molar-refractivity contribution in [2.45, 2.75) is 25.8 Å². The number of nitrogens with two attached hydrogens (primary N) is 1. The lowest BCUT2D eigenvalue weighted by Gasteiger charge is -2.35. The lowest BCUT2D eigenvalue weighted by atomic mass is 9.94.